The zero-order valence-corrected chi connectivity index (χ0v) is 15.7. The molecule has 0 saturated carbocycles. The summed E-state index contributed by atoms with van der Waals surface area (Å²) in [4.78, 5) is 17.7. The number of aliphatic imine (C=N–C) groups is 1. The number of guanidine groups is 1. The predicted molar refractivity (Wildman–Crippen MR) is 102 cm³/mol. The number of carbonyl (C=O) groups excluding carboxylic acids is 1. The Balaban J connectivity index is 1.70. The molecule has 1 aliphatic heterocycles. The molecular formula is C19H30N4O3. The van der Waals surface area contributed by atoms with Gasteiger partial charge in [0.05, 0.1) is 20.3 Å². The summed E-state index contributed by atoms with van der Waals surface area (Å²) in [6.45, 7) is 3.55. The van der Waals surface area contributed by atoms with Gasteiger partial charge < -0.3 is 25.4 Å². The molecule has 1 unspecified atom stereocenters. The summed E-state index contributed by atoms with van der Waals surface area (Å²) in [6, 6.07) is 7.86. The van der Waals surface area contributed by atoms with Crippen molar-refractivity contribution in [3.05, 3.63) is 29.8 Å². The van der Waals surface area contributed by atoms with Crippen LogP contribution in [0.25, 0.3) is 0 Å². The highest BCUT2D eigenvalue weighted by molar-refractivity contribution is 5.80. The number of carbonyl (C=O) groups is 1. The van der Waals surface area contributed by atoms with E-state index in [9.17, 15) is 4.79 Å². The van der Waals surface area contributed by atoms with Crippen molar-refractivity contribution >= 4 is 11.9 Å². The minimum atomic E-state index is -0.231. The van der Waals surface area contributed by atoms with Crippen molar-refractivity contribution in [1.82, 2.24) is 10.2 Å². The van der Waals surface area contributed by atoms with Crippen LogP contribution in [0.4, 0.5) is 0 Å². The van der Waals surface area contributed by atoms with Crippen LogP contribution in [-0.4, -0.2) is 57.2 Å². The Labute approximate surface area is 155 Å². The molecule has 1 aliphatic rings. The van der Waals surface area contributed by atoms with Gasteiger partial charge in [-0.25, -0.2) is 0 Å². The maximum absolute atomic E-state index is 11.1. The summed E-state index contributed by atoms with van der Waals surface area (Å²) in [6.07, 6.45) is 2.53. The van der Waals surface area contributed by atoms with Crippen molar-refractivity contribution in [3.8, 4) is 5.75 Å². The highest BCUT2D eigenvalue weighted by Crippen LogP contribution is 2.19. The Kier molecular flexibility index (Phi) is 8.21. The molecule has 0 spiro atoms. The molecule has 1 aromatic carbocycles. The standard InChI is InChI=1S/C19H30N4O3/c1-21-19(23-9-4-6-15(13-23)12-18(20)24)22-8-10-26-14-16-5-3-7-17(11-16)25-2/h3,5,7,11,15H,4,6,8-10,12-14H2,1-2H3,(H2,20,24)(H,21,22). The molecule has 7 heteroatoms. The van der Waals surface area contributed by atoms with Gasteiger partial charge in [0.1, 0.15) is 5.75 Å². The smallest absolute Gasteiger partial charge is 0.217 e. The second-order valence-electron chi connectivity index (χ2n) is 6.50. The Morgan fingerprint density at radius 2 is 2.31 bits per heavy atom. The van der Waals surface area contributed by atoms with Gasteiger partial charge in [0.2, 0.25) is 5.91 Å². The molecule has 1 amide bonds. The molecule has 0 radical (unpaired) electrons. The molecule has 1 saturated heterocycles. The van der Waals surface area contributed by atoms with Crippen molar-refractivity contribution in [2.75, 3.05) is 40.4 Å². The van der Waals surface area contributed by atoms with E-state index in [0.717, 1.165) is 43.2 Å². The normalized spacial score (nSPS) is 17.8. The van der Waals surface area contributed by atoms with Crippen LogP contribution in [0.1, 0.15) is 24.8 Å². The minimum Gasteiger partial charge on any atom is -0.497 e. The van der Waals surface area contributed by atoms with Crippen LogP contribution in [0.15, 0.2) is 29.3 Å². The van der Waals surface area contributed by atoms with Crippen LogP contribution < -0.4 is 15.8 Å². The van der Waals surface area contributed by atoms with E-state index in [1.165, 1.54) is 0 Å². The first-order valence-electron chi connectivity index (χ1n) is 9.07. The molecular weight excluding hydrogens is 332 g/mol. The molecule has 3 N–H and O–H groups in total. The van der Waals surface area contributed by atoms with E-state index < -0.39 is 0 Å². The Morgan fingerprint density at radius 1 is 1.46 bits per heavy atom. The molecule has 2 rings (SSSR count). The highest BCUT2D eigenvalue weighted by Gasteiger charge is 2.23. The van der Waals surface area contributed by atoms with Crippen molar-refractivity contribution in [2.45, 2.75) is 25.9 Å². The summed E-state index contributed by atoms with van der Waals surface area (Å²) in [5, 5.41) is 3.33. The first kappa shape index (κ1) is 20.0. The van der Waals surface area contributed by atoms with Gasteiger partial charge in [0.25, 0.3) is 0 Å². The maximum Gasteiger partial charge on any atom is 0.217 e. The molecule has 1 fully saturated rings. The lowest BCUT2D eigenvalue weighted by molar-refractivity contribution is -0.119. The largest absolute Gasteiger partial charge is 0.497 e. The van der Waals surface area contributed by atoms with E-state index in [1.54, 1.807) is 14.2 Å². The molecule has 7 nitrogen and oxygen atoms in total. The molecule has 0 aliphatic carbocycles. The third kappa shape index (κ3) is 6.55. The van der Waals surface area contributed by atoms with Gasteiger partial charge in [-0.1, -0.05) is 12.1 Å². The molecule has 0 aromatic heterocycles. The van der Waals surface area contributed by atoms with Gasteiger partial charge >= 0.3 is 0 Å². The number of nitrogens with zero attached hydrogens (tertiary/aromatic N) is 2. The van der Waals surface area contributed by atoms with Crippen LogP contribution in [0.5, 0.6) is 5.75 Å². The lowest BCUT2D eigenvalue weighted by Crippen LogP contribution is -2.47. The summed E-state index contributed by atoms with van der Waals surface area (Å²) in [5.41, 5.74) is 6.41. The Morgan fingerprint density at radius 3 is 3.04 bits per heavy atom. The van der Waals surface area contributed by atoms with Gasteiger partial charge in [0.15, 0.2) is 5.96 Å². The number of primary amides is 1. The average molecular weight is 362 g/mol. The van der Waals surface area contributed by atoms with Gasteiger partial charge in [-0.05, 0) is 36.5 Å². The van der Waals surface area contributed by atoms with Crippen molar-refractivity contribution < 1.29 is 14.3 Å². The molecule has 0 bridgehead atoms. The van der Waals surface area contributed by atoms with Gasteiger partial charge in [0, 0.05) is 33.1 Å². The lowest BCUT2D eigenvalue weighted by atomic mass is 9.95. The van der Waals surface area contributed by atoms with Crippen LogP contribution in [0.2, 0.25) is 0 Å². The van der Waals surface area contributed by atoms with Crippen molar-refractivity contribution in [1.29, 1.82) is 0 Å². The number of rotatable bonds is 8. The number of benzene rings is 1. The zero-order chi connectivity index (χ0) is 18.8. The topological polar surface area (TPSA) is 89.2 Å². The SMILES string of the molecule is CN=C(NCCOCc1cccc(OC)c1)N1CCCC(CC(N)=O)C1. The molecule has 1 atom stereocenters. The maximum atomic E-state index is 11.1. The molecule has 144 valence electrons. The van der Waals surface area contributed by atoms with E-state index in [2.05, 4.69) is 15.2 Å². The van der Waals surface area contributed by atoms with Crippen LogP contribution in [-0.2, 0) is 16.1 Å². The van der Waals surface area contributed by atoms with E-state index in [-0.39, 0.29) is 5.91 Å². The van der Waals surface area contributed by atoms with Gasteiger partial charge in [-0.3, -0.25) is 9.79 Å². The average Bonchev–Trinajstić information content (AvgIpc) is 2.64. The molecule has 1 heterocycles. The quantitative estimate of drug-likeness (QED) is 0.414. The summed E-state index contributed by atoms with van der Waals surface area (Å²) in [5.74, 6) is 1.76. The number of methoxy groups -OCH3 is 1. The minimum absolute atomic E-state index is 0.231. The van der Waals surface area contributed by atoms with Crippen molar-refractivity contribution in [2.24, 2.45) is 16.6 Å². The fourth-order valence-electron chi connectivity index (χ4n) is 3.23. The summed E-state index contributed by atoms with van der Waals surface area (Å²) >= 11 is 0. The number of hydrogen-bond donors (Lipinski definition) is 2. The second kappa shape index (κ2) is 10.7. The Hall–Kier alpha value is -2.28. The number of ether oxygens (including phenoxy) is 2. The van der Waals surface area contributed by atoms with Crippen molar-refractivity contribution in [3.63, 3.8) is 0 Å². The van der Waals surface area contributed by atoms with E-state index >= 15 is 0 Å². The third-order valence-electron chi connectivity index (χ3n) is 4.45. The van der Waals surface area contributed by atoms with Crippen LogP contribution in [0.3, 0.4) is 0 Å². The second-order valence-corrected chi connectivity index (χ2v) is 6.50. The van der Waals surface area contributed by atoms with Crippen LogP contribution >= 0.6 is 0 Å². The van der Waals surface area contributed by atoms with E-state index in [0.29, 0.717) is 32.1 Å². The van der Waals surface area contributed by atoms with E-state index in [1.807, 2.05) is 24.3 Å². The molecule has 26 heavy (non-hydrogen) atoms. The number of amides is 1. The van der Waals surface area contributed by atoms with Crippen LogP contribution in [0, 0.1) is 5.92 Å². The van der Waals surface area contributed by atoms with Gasteiger partial charge in [-0.2, -0.15) is 0 Å². The first-order chi connectivity index (χ1) is 12.6. The third-order valence-corrected chi connectivity index (χ3v) is 4.45. The highest BCUT2D eigenvalue weighted by atomic mass is 16.5. The number of likely N-dealkylation sites (tertiary alicyclic amines) is 1. The monoisotopic (exact) mass is 362 g/mol. The fraction of sp³-hybridized carbons (Fsp3) is 0.579. The summed E-state index contributed by atoms with van der Waals surface area (Å²) in [7, 11) is 3.43. The number of nitrogens with two attached hydrogens (primary N) is 1. The number of piperidine rings is 1. The Bertz CT molecular complexity index is 606. The predicted octanol–water partition coefficient (Wildman–Crippen LogP) is 1.37. The zero-order valence-electron chi connectivity index (χ0n) is 15.7. The number of nitrogens with one attached hydrogen (secondary N) is 1. The van der Waals surface area contributed by atoms with E-state index in [4.69, 9.17) is 15.2 Å². The fourth-order valence-corrected chi connectivity index (χ4v) is 3.23. The summed E-state index contributed by atoms with van der Waals surface area (Å²) < 4.78 is 10.9. The molecule has 1 aromatic rings. The van der Waals surface area contributed by atoms with Gasteiger partial charge in [-0.15, -0.1) is 0 Å². The number of hydrogen-bond acceptors (Lipinski definition) is 4. The lowest BCUT2D eigenvalue weighted by Gasteiger charge is -2.34. The first-order valence-corrected chi connectivity index (χ1v) is 9.07.